The van der Waals surface area contributed by atoms with E-state index in [0.717, 1.165) is 11.3 Å². The molecule has 0 aliphatic carbocycles. The number of ether oxygens (including phenoxy) is 1. The lowest BCUT2D eigenvalue weighted by Crippen LogP contribution is -2.36. The molecule has 7 nitrogen and oxygen atoms in total. The van der Waals surface area contributed by atoms with E-state index in [1.165, 1.54) is 0 Å². The van der Waals surface area contributed by atoms with Crippen LogP contribution >= 0.6 is 0 Å². The van der Waals surface area contributed by atoms with E-state index in [1.54, 1.807) is 50.1 Å². The first kappa shape index (κ1) is 22.1. The van der Waals surface area contributed by atoms with Crippen molar-refractivity contribution in [3.8, 4) is 0 Å². The monoisotopic (exact) mass is 397 g/mol. The Balaban J connectivity index is 1.79. The van der Waals surface area contributed by atoms with E-state index < -0.39 is 5.97 Å². The molecule has 154 valence electrons. The van der Waals surface area contributed by atoms with Gasteiger partial charge in [0.05, 0.1) is 24.8 Å². The molecule has 29 heavy (non-hydrogen) atoms. The first-order valence-corrected chi connectivity index (χ1v) is 9.39. The van der Waals surface area contributed by atoms with Crippen molar-refractivity contribution < 1.29 is 19.1 Å². The summed E-state index contributed by atoms with van der Waals surface area (Å²) < 4.78 is 5.12. The molecule has 2 N–H and O–H groups in total. The van der Waals surface area contributed by atoms with Gasteiger partial charge in [0.25, 0.3) is 0 Å². The number of amides is 2. The number of hydrogen-bond donors (Lipinski definition) is 2. The molecule has 0 spiro atoms. The lowest BCUT2D eigenvalue weighted by Gasteiger charge is -2.16. The molecule has 0 heterocycles. The van der Waals surface area contributed by atoms with Crippen LogP contribution in [0.3, 0.4) is 0 Å². The zero-order chi connectivity index (χ0) is 21.4. The lowest BCUT2D eigenvalue weighted by molar-refractivity contribution is -0.119. The van der Waals surface area contributed by atoms with Crippen molar-refractivity contribution in [3.63, 3.8) is 0 Å². The first-order valence-electron chi connectivity index (χ1n) is 9.39. The maximum Gasteiger partial charge on any atom is 0.338 e. The number of aryl methyl sites for hydroxylation is 1. The Kier molecular flexibility index (Phi) is 7.91. The van der Waals surface area contributed by atoms with Crippen molar-refractivity contribution >= 4 is 29.2 Å². The minimum absolute atomic E-state index is 0.0540. The van der Waals surface area contributed by atoms with Gasteiger partial charge in [0, 0.05) is 11.4 Å². The second-order valence-electron chi connectivity index (χ2n) is 7.17. The zero-order valence-corrected chi connectivity index (χ0v) is 17.2. The number of anilines is 2. The minimum atomic E-state index is -0.405. The molecule has 0 aliphatic rings. The van der Waals surface area contributed by atoms with Crippen molar-refractivity contribution in [2.24, 2.45) is 0 Å². The van der Waals surface area contributed by atoms with Gasteiger partial charge >= 0.3 is 5.97 Å². The number of hydrogen-bond acceptors (Lipinski definition) is 5. The van der Waals surface area contributed by atoms with E-state index in [2.05, 4.69) is 10.6 Å². The van der Waals surface area contributed by atoms with Crippen LogP contribution in [-0.4, -0.2) is 48.9 Å². The van der Waals surface area contributed by atoms with E-state index >= 15 is 0 Å². The molecule has 2 aromatic rings. The van der Waals surface area contributed by atoms with E-state index in [1.807, 2.05) is 31.2 Å². The third-order valence-corrected chi connectivity index (χ3v) is 3.91. The fraction of sp³-hybridized carbons (Fsp3) is 0.318. The highest BCUT2D eigenvalue weighted by Crippen LogP contribution is 2.12. The van der Waals surface area contributed by atoms with Crippen LogP contribution in [0, 0.1) is 6.92 Å². The number of esters is 1. The number of nitrogens with zero attached hydrogens (tertiary/aromatic N) is 1. The highest BCUT2D eigenvalue weighted by atomic mass is 16.5. The number of rotatable bonds is 8. The molecule has 0 aliphatic heterocycles. The molecule has 0 bridgehead atoms. The minimum Gasteiger partial charge on any atom is -0.459 e. The SMILES string of the molecule is Cc1ccc(NC(=O)CN(C)CC(=O)Nc2ccc(C(=O)OC(C)C)cc2)cc1. The van der Waals surface area contributed by atoms with E-state index in [9.17, 15) is 14.4 Å². The highest BCUT2D eigenvalue weighted by Gasteiger charge is 2.12. The molecule has 0 radical (unpaired) electrons. The Morgan fingerprint density at radius 3 is 1.76 bits per heavy atom. The van der Waals surface area contributed by atoms with Crippen molar-refractivity contribution in [1.82, 2.24) is 4.90 Å². The quantitative estimate of drug-likeness (QED) is 0.669. The molecule has 0 saturated carbocycles. The molecule has 0 saturated heterocycles. The molecule has 0 unspecified atom stereocenters. The summed E-state index contributed by atoms with van der Waals surface area (Å²) in [4.78, 5) is 37.7. The van der Waals surface area contributed by atoms with Gasteiger partial charge in [-0.05, 0) is 64.2 Å². The van der Waals surface area contributed by atoms with Gasteiger partial charge in [-0.1, -0.05) is 17.7 Å². The van der Waals surface area contributed by atoms with Crippen LogP contribution in [0.25, 0.3) is 0 Å². The average Bonchev–Trinajstić information content (AvgIpc) is 2.63. The molecule has 0 fully saturated rings. The standard InChI is InChI=1S/C22H27N3O4/c1-15(2)29-22(28)17-7-11-19(12-8-17)24-21(27)14-25(4)13-20(26)23-18-9-5-16(3)6-10-18/h5-12,15H,13-14H2,1-4H3,(H,23,26)(H,24,27). The predicted molar refractivity (Wildman–Crippen MR) is 113 cm³/mol. The molecule has 2 aromatic carbocycles. The van der Waals surface area contributed by atoms with Crippen LogP contribution < -0.4 is 10.6 Å². The topological polar surface area (TPSA) is 87.7 Å². The number of carbonyl (C=O) groups excluding carboxylic acids is 3. The van der Waals surface area contributed by atoms with Gasteiger partial charge in [0.15, 0.2) is 0 Å². The number of nitrogens with one attached hydrogen (secondary N) is 2. The van der Waals surface area contributed by atoms with Crippen molar-refractivity contribution in [3.05, 3.63) is 59.7 Å². The van der Waals surface area contributed by atoms with Gasteiger partial charge in [0.1, 0.15) is 0 Å². The Labute approximate surface area is 171 Å². The summed E-state index contributed by atoms with van der Waals surface area (Å²) in [5.74, 6) is -0.859. The smallest absolute Gasteiger partial charge is 0.338 e. The fourth-order valence-corrected chi connectivity index (χ4v) is 2.56. The second kappa shape index (κ2) is 10.4. The predicted octanol–water partition coefficient (Wildman–Crippen LogP) is 3.07. The first-order chi connectivity index (χ1) is 13.7. The normalized spacial score (nSPS) is 10.7. The Hall–Kier alpha value is -3.19. The molecule has 7 heteroatoms. The van der Waals surface area contributed by atoms with Gasteiger partial charge in [-0.3, -0.25) is 14.5 Å². The molecule has 0 aromatic heterocycles. The maximum absolute atomic E-state index is 12.2. The van der Waals surface area contributed by atoms with Crippen molar-refractivity contribution in [2.45, 2.75) is 26.9 Å². The second-order valence-corrected chi connectivity index (χ2v) is 7.17. The Morgan fingerprint density at radius 2 is 1.31 bits per heavy atom. The van der Waals surface area contributed by atoms with Crippen LogP contribution in [0.2, 0.25) is 0 Å². The largest absolute Gasteiger partial charge is 0.459 e. The Morgan fingerprint density at radius 1 is 0.862 bits per heavy atom. The third kappa shape index (κ3) is 7.75. The van der Waals surface area contributed by atoms with Crippen LogP contribution in [0.15, 0.2) is 48.5 Å². The molecule has 2 amide bonds. The summed E-state index contributed by atoms with van der Waals surface area (Å²) in [7, 11) is 1.69. The molecular formula is C22H27N3O4. The van der Waals surface area contributed by atoms with Gasteiger partial charge in [-0.25, -0.2) is 4.79 Å². The van der Waals surface area contributed by atoms with Crippen molar-refractivity contribution in [1.29, 1.82) is 0 Å². The average molecular weight is 397 g/mol. The van der Waals surface area contributed by atoms with Crippen LogP contribution in [0.5, 0.6) is 0 Å². The molecule has 0 atom stereocenters. The Bertz CT molecular complexity index is 845. The van der Waals surface area contributed by atoms with Crippen LogP contribution in [-0.2, 0) is 14.3 Å². The van der Waals surface area contributed by atoms with Crippen LogP contribution in [0.4, 0.5) is 11.4 Å². The molecular weight excluding hydrogens is 370 g/mol. The van der Waals surface area contributed by atoms with E-state index in [0.29, 0.717) is 11.3 Å². The highest BCUT2D eigenvalue weighted by molar-refractivity contribution is 5.95. The summed E-state index contributed by atoms with van der Waals surface area (Å²) in [5, 5.41) is 5.54. The van der Waals surface area contributed by atoms with E-state index in [-0.39, 0.29) is 31.0 Å². The zero-order valence-electron chi connectivity index (χ0n) is 17.2. The van der Waals surface area contributed by atoms with Gasteiger partial charge in [0.2, 0.25) is 11.8 Å². The summed E-state index contributed by atoms with van der Waals surface area (Å²) in [6.07, 6.45) is -0.194. The van der Waals surface area contributed by atoms with Gasteiger partial charge < -0.3 is 15.4 Å². The molecule has 2 rings (SSSR count). The summed E-state index contributed by atoms with van der Waals surface area (Å²) in [5.41, 5.74) is 2.81. The van der Waals surface area contributed by atoms with Gasteiger partial charge in [-0.2, -0.15) is 0 Å². The van der Waals surface area contributed by atoms with E-state index in [4.69, 9.17) is 4.74 Å². The third-order valence-electron chi connectivity index (χ3n) is 3.91. The lowest BCUT2D eigenvalue weighted by atomic mass is 10.2. The van der Waals surface area contributed by atoms with Crippen molar-refractivity contribution in [2.75, 3.05) is 30.8 Å². The summed E-state index contributed by atoms with van der Waals surface area (Å²) in [6, 6.07) is 14.0. The number of carbonyl (C=O) groups is 3. The summed E-state index contributed by atoms with van der Waals surface area (Å²) in [6.45, 7) is 5.68. The van der Waals surface area contributed by atoms with Crippen LogP contribution in [0.1, 0.15) is 29.8 Å². The number of likely N-dealkylation sites (N-methyl/N-ethyl adjacent to an activating group) is 1. The maximum atomic E-state index is 12.2. The summed E-state index contributed by atoms with van der Waals surface area (Å²) >= 11 is 0. The fourth-order valence-electron chi connectivity index (χ4n) is 2.56. The number of benzene rings is 2. The van der Waals surface area contributed by atoms with Gasteiger partial charge in [-0.15, -0.1) is 0 Å².